The normalized spacial score (nSPS) is 11.7. The number of halogens is 3. The Labute approximate surface area is 88.6 Å². The van der Waals surface area contributed by atoms with E-state index in [0.717, 1.165) is 12.1 Å². The third-order valence-electron chi connectivity index (χ3n) is 2.07. The molecule has 84 valence electrons. The molecule has 0 unspecified atom stereocenters. The number of imidazole rings is 1. The topological polar surface area (TPSA) is 48.9 Å². The molecule has 0 fully saturated rings. The summed E-state index contributed by atoms with van der Waals surface area (Å²) in [6, 6.07) is 3.22. The number of hydrogen-bond donors (Lipinski definition) is 2. The fourth-order valence-electron chi connectivity index (χ4n) is 1.33. The van der Waals surface area contributed by atoms with Crippen LogP contribution in [0.2, 0.25) is 0 Å². The monoisotopic (exact) mass is 228 g/mol. The second-order valence-corrected chi connectivity index (χ2v) is 3.17. The lowest BCUT2D eigenvalue weighted by molar-refractivity contribution is -0.138. The second kappa shape index (κ2) is 3.55. The highest BCUT2D eigenvalue weighted by molar-refractivity contribution is 5.59. The van der Waals surface area contributed by atoms with E-state index in [-0.39, 0.29) is 5.56 Å². The van der Waals surface area contributed by atoms with Crippen LogP contribution in [-0.4, -0.2) is 15.1 Å². The van der Waals surface area contributed by atoms with E-state index in [4.69, 9.17) is 5.11 Å². The quantitative estimate of drug-likeness (QED) is 0.788. The van der Waals surface area contributed by atoms with Crippen LogP contribution in [0, 0.1) is 0 Å². The Kier molecular flexibility index (Phi) is 2.34. The van der Waals surface area contributed by atoms with Gasteiger partial charge in [0.2, 0.25) is 0 Å². The molecule has 2 aromatic rings. The number of aromatic amines is 1. The van der Waals surface area contributed by atoms with Gasteiger partial charge in [-0.1, -0.05) is 0 Å². The van der Waals surface area contributed by atoms with Crippen molar-refractivity contribution in [2.75, 3.05) is 0 Å². The summed E-state index contributed by atoms with van der Waals surface area (Å²) in [6.07, 6.45) is -1.63. The molecule has 0 radical (unpaired) electrons. The third kappa shape index (κ3) is 1.86. The SMILES string of the molecule is Oc1ccc(-c2ncc[nH]2)cc1C(F)(F)F. The fourth-order valence-corrected chi connectivity index (χ4v) is 1.33. The Morgan fingerprint density at radius 2 is 2.00 bits per heavy atom. The molecule has 0 atom stereocenters. The van der Waals surface area contributed by atoms with Crippen molar-refractivity contribution >= 4 is 0 Å². The van der Waals surface area contributed by atoms with Crippen molar-refractivity contribution in [3.63, 3.8) is 0 Å². The lowest BCUT2D eigenvalue weighted by atomic mass is 10.1. The zero-order valence-electron chi connectivity index (χ0n) is 7.92. The van der Waals surface area contributed by atoms with E-state index in [9.17, 15) is 13.2 Å². The van der Waals surface area contributed by atoms with E-state index in [0.29, 0.717) is 5.82 Å². The number of hydrogen-bond acceptors (Lipinski definition) is 2. The molecule has 0 saturated heterocycles. The molecular weight excluding hydrogens is 221 g/mol. The highest BCUT2D eigenvalue weighted by atomic mass is 19.4. The second-order valence-electron chi connectivity index (χ2n) is 3.17. The third-order valence-corrected chi connectivity index (χ3v) is 2.07. The van der Waals surface area contributed by atoms with Crippen molar-refractivity contribution < 1.29 is 18.3 Å². The van der Waals surface area contributed by atoms with Gasteiger partial charge < -0.3 is 10.1 Å². The molecule has 0 amide bonds. The fraction of sp³-hybridized carbons (Fsp3) is 0.100. The summed E-state index contributed by atoms with van der Waals surface area (Å²) in [5.74, 6) is -0.465. The molecule has 6 heteroatoms. The van der Waals surface area contributed by atoms with Crippen LogP contribution >= 0.6 is 0 Å². The molecule has 16 heavy (non-hydrogen) atoms. The summed E-state index contributed by atoms with van der Waals surface area (Å²) in [7, 11) is 0. The van der Waals surface area contributed by atoms with Gasteiger partial charge in [-0.15, -0.1) is 0 Å². The number of rotatable bonds is 1. The van der Waals surface area contributed by atoms with Crippen molar-refractivity contribution in [1.82, 2.24) is 9.97 Å². The molecule has 1 aromatic heterocycles. The van der Waals surface area contributed by atoms with Gasteiger partial charge in [-0.25, -0.2) is 4.98 Å². The first-order valence-electron chi connectivity index (χ1n) is 4.38. The summed E-state index contributed by atoms with van der Waals surface area (Å²) in [5, 5.41) is 9.12. The van der Waals surface area contributed by atoms with Crippen LogP contribution in [-0.2, 0) is 6.18 Å². The molecule has 0 saturated carbocycles. The maximum Gasteiger partial charge on any atom is 0.419 e. The van der Waals surface area contributed by atoms with Gasteiger partial charge in [0.05, 0.1) is 5.56 Å². The molecule has 0 aliphatic rings. The lowest BCUT2D eigenvalue weighted by Crippen LogP contribution is -2.05. The van der Waals surface area contributed by atoms with Crippen LogP contribution in [0.5, 0.6) is 5.75 Å². The van der Waals surface area contributed by atoms with Gasteiger partial charge in [-0.3, -0.25) is 0 Å². The molecule has 0 aliphatic carbocycles. The first-order valence-corrected chi connectivity index (χ1v) is 4.38. The number of aromatic hydroxyl groups is 1. The van der Waals surface area contributed by atoms with Crippen LogP contribution in [0.4, 0.5) is 13.2 Å². The van der Waals surface area contributed by atoms with Gasteiger partial charge in [0.25, 0.3) is 0 Å². The minimum absolute atomic E-state index is 0.273. The van der Waals surface area contributed by atoms with Gasteiger partial charge in [0, 0.05) is 18.0 Å². The molecule has 0 bridgehead atoms. The largest absolute Gasteiger partial charge is 0.507 e. The predicted octanol–water partition coefficient (Wildman–Crippen LogP) is 2.80. The van der Waals surface area contributed by atoms with Crippen LogP contribution in [0.25, 0.3) is 11.4 Å². The smallest absolute Gasteiger partial charge is 0.419 e. The standard InChI is InChI=1S/C10H7F3N2O/c11-10(12,13)7-5-6(1-2-8(7)16)9-14-3-4-15-9/h1-5,16H,(H,14,15). The van der Waals surface area contributed by atoms with Gasteiger partial charge in [-0.2, -0.15) is 13.2 Å². The van der Waals surface area contributed by atoms with E-state index in [1.165, 1.54) is 18.5 Å². The molecule has 1 heterocycles. The molecule has 0 spiro atoms. The first kappa shape index (κ1) is 10.5. The summed E-state index contributed by atoms with van der Waals surface area (Å²) in [6.45, 7) is 0. The summed E-state index contributed by atoms with van der Waals surface area (Å²) < 4.78 is 37.4. The number of nitrogens with zero attached hydrogens (tertiary/aromatic N) is 1. The van der Waals surface area contributed by atoms with Gasteiger partial charge >= 0.3 is 6.18 Å². The maximum atomic E-state index is 12.5. The van der Waals surface area contributed by atoms with Crippen molar-refractivity contribution in [2.24, 2.45) is 0 Å². The van der Waals surface area contributed by atoms with Crippen LogP contribution in [0.15, 0.2) is 30.6 Å². The van der Waals surface area contributed by atoms with E-state index >= 15 is 0 Å². The molecule has 2 N–H and O–H groups in total. The molecule has 2 rings (SSSR count). The molecule has 0 aliphatic heterocycles. The minimum atomic E-state index is -4.58. The van der Waals surface area contributed by atoms with E-state index in [2.05, 4.69) is 9.97 Å². The number of benzene rings is 1. The Hall–Kier alpha value is -1.98. The molecular formula is C10H7F3N2O. The highest BCUT2D eigenvalue weighted by Crippen LogP contribution is 2.37. The maximum absolute atomic E-state index is 12.5. The van der Waals surface area contributed by atoms with Gasteiger partial charge in [-0.05, 0) is 18.2 Å². The van der Waals surface area contributed by atoms with Gasteiger partial charge in [0.1, 0.15) is 11.6 Å². The van der Waals surface area contributed by atoms with Crippen LogP contribution < -0.4 is 0 Å². The van der Waals surface area contributed by atoms with Crippen molar-refractivity contribution in [1.29, 1.82) is 0 Å². The molecule has 1 aromatic carbocycles. The minimum Gasteiger partial charge on any atom is -0.507 e. The Morgan fingerprint density at radius 3 is 2.56 bits per heavy atom. The number of alkyl halides is 3. The Bertz CT molecular complexity index is 491. The average molecular weight is 228 g/mol. The number of phenolic OH excluding ortho intramolecular Hbond substituents is 1. The molecule has 3 nitrogen and oxygen atoms in total. The zero-order chi connectivity index (χ0) is 11.8. The number of aromatic nitrogens is 2. The predicted molar refractivity (Wildman–Crippen MR) is 50.7 cm³/mol. The van der Waals surface area contributed by atoms with Gasteiger partial charge in [0.15, 0.2) is 0 Å². The Balaban J connectivity index is 2.52. The number of H-pyrrole nitrogens is 1. The van der Waals surface area contributed by atoms with E-state index in [1.54, 1.807) is 0 Å². The van der Waals surface area contributed by atoms with E-state index in [1.807, 2.05) is 0 Å². The highest BCUT2D eigenvalue weighted by Gasteiger charge is 2.34. The number of phenols is 1. The first-order chi connectivity index (χ1) is 7.48. The van der Waals surface area contributed by atoms with Crippen molar-refractivity contribution in [3.05, 3.63) is 36.2 Å². The van der Waals surface area contributed by atoms with Crippen LogP contribution in [0.1, 0.15) is 5.56 Å². The number of nitrogens with one attached hydrogen (secondary N) is 1. The average Bonchev–Trinajstić information content (AvgIpc) is 2.69. The lowest BCUT2D eigenvalue weighted by Gasteiger charge is -2.09. The summed E-state index contributed by atoms with van der Waals surface area (Å²) in [5.41, 5.74) is -0.795. The van der Waals surface area contributed by atoms with E-state index < -0.39 is 17.5 Å². The Morgan fingerprint density at radius 1 is 1.25 bits per heavy atom. The summed E-state index contributed by atoms with van der Waals surface area (Å²) >= 11 is 0. The zero-order valence-corrected chi connectivity index (χ0v) is 7.92. The van der Waals surface area contributed by atoms with Crippen LogP contribution in [0.3, 0.4) is 0 Å². The van der Waals surface area contributed by atoms with Crippen molar-refractivity contribution in [2.45, 2.75) is 6.18 Å². The van der Waals surface area contributed by atoms with Crippen molar-refractivity contribution in [3.8, 4) is 17.1 Å². The summed E-state index contributed by atoms with van der Waals surface area (Å²) in [4.78, 5) is 6.53.